The van der Waals surface area contributed by atoms with Crippen LogP contribution < -0.4 is 5.32 Å². The van der Waals surface area contributed by atoms with Crippen molar-refractivity contribution in [3.8, 4) is 5.75 Å². The Morgan fingerprint density at radius 1 is 1.11 bits per heavy atom. The van der Waals surface area contributed by atoms with Crippen LogP contribution in [0.5, 0.6) is 5.75 Å². The van der Waals surface area contributed by atoms with Gasteiger partial charge in [-0.25, -0.2) is 0 Å². The zero-order valence-corrected chi connectivity index (χ0v) is 10.9. The molecule has 0 fully saturated rings. The summed E-state index contributed by atoms with van der Waals surface area (Å²) in [5.74, 6) is 0.349. The highest BCUT2D eigenvalue weighted by atomic mass is 16.3. The Hall–Kier alpha value is -1.80. The van der Waals surface area contributed by atoms with Crippen LogP contribution in [-0.4, -0.2) is 5.11 Å². The maximum absolute atomic E-state index is 9.70. The van der Waals surface area contributed by atoms with E-state index in [1.807, 2.05) is 18.2 Å². The third kappa shape index (κ3) is 3.11. The summed E-state index contributed by atoms with van der Waals surface area (Å²) in [4.78, 5) is 0. The van der Waals surface area contributed by atoms with Gasteiger partial charge in [-0.15, -0.1) is 0 Å². The van der Waals surface area contributed by atoms with Gasteiger partial charge in [0.1, 0.15) is 5.75 Å². The molecule has 2 aromatic rings. The van der Waals surface area contributed by atoms with E-state index in [4.69, 9.17) is 0 Å². The Kier molecular flexibility index (Phi) is 4.00. The smallest absolute Gasteiger partial charge is 0.120 e. The molecule has 0 radical (unpaired) electrons. The van der Waals surface area contributed by atoms with Crippen molar-refractivity contribution in [2.75, 3.05) is 0 Å². The molecular weight excluding hydrogens is 222 g/mol. The van der Waals surface area contributed by atoms with Gasteiger partial charge < -0.3 is 10.4 Å². The van der Waals surface area contributed by atoms with Gasteiger partial charge in [-0.2, -0.15) is 0 Å². The van der Waals surface area contributed by atoms with Crippen molar-refractivity contribution in [3.63, 3.8) is 0 Å². The van der Waals surface area contributed by atoms with E-state index in [9.17, 15) is 5.11 Å². The second-order valence-electron chi connectivity index (χ2n) is 4.65. The first-order valence-electron chi connectivity index (χ1n) is 6.23. The van der Waals surface area contributed by atoms with E-state index in [1.165, 1.54) is 11.1 Å². The molecule has 2 rings (SSSR count). The molecule has 0 aliphatic carbocycles. The lowest BCUT2D eigenvalue weighted by Crippen LogP contribution is -2.18. The van der Waals surface area contributed by atoms with Crippen molar-refractivity contribution >= 4 is 0 Å². The SMILES string of the molecule is Cc1cccc(C(C)NCc2ccccc2O)c1. The predicted molar refractivity (Wildman–Crippen MR) is 74.5 cm³/mol. The molecule has 0 amide bonds. The van der Waals surface area contributed by atoms with Crippen LogP contribution in [0.1, 0.15) is 29.7 Å². The van der Waals surface area contributed by atoms with Crippen molar-refractivity contribution in [2.45, 2.75) is 26.4 Å². The van der Waals surface area contributed by atoms with Crippen LogP contribution in [0.3, 0.4) is 0 Å². The van der Waals surface area contributed by atoms with Crippen LogP contribution in [0, 0.1) is 6.92 Å². The Morgan fingerprint density at radius 2 is 1.89 bits per heavy atom. The quantitative estimate of drug-likeness (QED) is 0.858. The van der Waals surface area contributed by atoms with Gasteiger partial charge in [0.2, 0.25) is 0 Å². The number of para-hydroxylation sites is 1. The number of aromatic hydroxyl groups is 1. The lowest BCUT2D eigenvalue weighted by atomic mass is 10.1. The van der Waals surface area contributed by atoms with Crippen LogP contribution in [0.4, 0.5) is 0 Å². The third-order valence-electron chi connectivity index (χ3n) is 3.13. The fraction of sp³-hybridized carbons (Fsp3) is 0.250. The molecule has 2 heteroatoms. The summed E-state index contributed by atoms with van der Waals surface area (Å²) in [7, 11) is 0. The Balaban J connectivity index is 2.00. The van der Waals surface area contributed by atoms with Crippen LogP contribution in [-0.2, 0) is 6.54 Å². The molecule has 0 aromatic heterocycles. The van der Waals surface area contributed by atoms with Gasteiger partial charge in [-0.1, -0.05) is 48.0 Å². The van der Waals surface area contributed by atoms with Gasteiger partial charge in [0.05, 0.1) is 0 Å². The van der Waals surface area contributed by atoms with E-state index in [1.54, 1.807) is 6.07 Å². The minimum absolute atomic E-state index is 0.268. The van der Waals surface area contributed by atoms with Crippen molar-refractivity contribution < 1.29 is 5.11 Å². The van der Waals surface area contributed by atoms with Crippen LogP contribution >= 0.6 is 0 Å². The second kappa shape index (κ2) is 5.69. The van der Waals surface area contributed by atoms with E-state index < -0.39 is 0 Å². The second-order valence-corrected chi connectivity index (χ2v) is 4.65. The lowest BCUT2D eigenvalue weighted by molar-refractivity contribution is 0.460. The molecule has 0 aliphatic rings. The topological polar surface area (TPSA) is 32.3 Å². The fourth-order valence-corrected chi connectivity index (χ4v) is 1.98. The van der Waals surface area contributed by atoms with Crippen LogP contribution in [0.2, 0.25) is 0 Å². The summed E-state index contributed by atoms with van der Waals surface area (Å²) in [5, 5.41) is 13.1. The molecule has 2 nitrogen and oxygen atoms in total. The molecule has 1 atom stereocenters. The van der Waals surface area contributed by atoms with Gasteiger partial charge in [0.25, 0.3) is 0 Å². The van der Waals surface area contributed by atoms with Gasteiger partial charge in [-0.05, 0) is 25.5 Å². The molecule has 18 heavy (non-hydrogen) atoms. The minimum atomic E-state index is 0.268. The molecule has 0 saturated carbocycles. The highest BCUT2D eigenvalue weighted by molar-refractivity contribution is 5.32. The van der Waals surface area contributed by atoms with Gasteiger partial charge in [-0.3, -0.25) is 0 Å². The number of aryl methyl sites for hydroxylation is 1. The predicted octanol–water partition coefficient (Wildman–Crippen LogP) is 3.55. The number of hydrogen-bond acceptors (Lipinski definition) is 2. The number of phenolic OH excluding ortho intramolecular Hbond substituents is 1. The summed E-state index contributed by atoms with van der Waals surface area (Å²) in [6, 6.07) is 16.2. The van der Waals surface area contributed by atoms with E-state index in [0.29, 0.717) is 12.3 Å². The average molecular weight is 241 g/mol. The summed E-state index contributed by atoms with van der Waals surface area (Å²) in [5.41, 5.74) is 3.46. The molecular formula is C16H19NO. The fourth-order valence-electron chi connectivity index (χ4n) is 1.98. The van der Waals surface area contributed by atoms with Crippen molar-refractivity contribution in [3.05, 3.63) is 65.2 Å². The van der Waals surface area contributed by atoms with E-state index >= 15 is 0 Å². The first-order valence-corrected chi connectivity index (χ1v) is 6.23. The Labute approximate surface area is 108 Å². The molecule has 0 aliphatic heterocycles. The normalized spacial score (nSPS) is 12.3. The molecule has 2 aromatic carbocycles. The minimum Gasteiger partial charge on any atom is -0.508 e. The average Bonchev–Trinajstić information content (AvgIpc) is 2.37. The monoisotopic (exact) mass is 241 g/mol. The van der Waals surface area contributed by atoms with Crippen molar-refractivity contribution in [2.24, 2.45) is 0 Å². The largest absolute Gasteiger partial charge is 0.508 e. The molecule has 94 valence electrons. The summed E-state index contributed by atoms with van der Waals surface area (Å²) in [6.07, 6.45) is 0. The maximum Gasteiger partial charge on any atom is 0.120 e. The zero-order chi connectivity index (χ0) is 13.0. The third-order valence-corrected chi connectivity index (χ3v) is 3.13. The summed E-state index contributed by atoms with van der Waals surface area (Å²) < 4.78 is 0. The molecule has 0 spiro atoms. The number of hydrogen-bond donors (Lipinski definition) is 2. The number of nitrogens with one attached hydrogen (secondary N) is 1. The highest BCUT2D eigenvalue weighted by Gasteiger charge is 2.06. The molecule has 0 saturated heterocycles. The molecule has 0 heterocycles. The van der Waals surface area contributed by atoms with Gasteiger partial charge in [0.15, 0.2) is 0 Å². The highest BCUT2D eigenvalue weighted by Crippen LogP contribution is 2.18. The van der Waals surface area contributed by atoms with E-state index in [-0.39, 0.29) is 6.04 Å². The summed E-state index contributed by atoms with van der Waals surface area (Å²) in [6.45, 7) is 4.90. The first-order chi connectivity index (χ1) is 8.66. The van der Waals surface area contributed by atoms with Gasteiger partial charge >= 0.3 is 0 Å². The maximum atomic E-state index is 9.70. The lowest BCUT2D eigenvalue weighted by Gasteiger charge is -2.15. The zero-order valence-electron chi connectivity index (χ0n) is 10.9. The molecule has 0 bridgehead atoms. The van der Waals surface area contributed by atoms with E-state index in [2.05, 4.69) is 43.4 Å². The number of rotatable bonds is 4. The summed E-state index contributed by atoms with van der Waals surface area (Å²) >= 11 is 0. The van der Waals surface area contributed by atoms with Crippen molar-refractivity contribution in [1.82, 2.24) is 5.32 Å². The van der Waals surface area contributed by atoms with Crippen LogP contribution in [0.15, 0.2) is 48.5 Å². The van der Waals surface area contributed by atoms with Gasteiger partial charge in [0, 0.05) is 18.2 Å². The Bertz CT molecular complexity index is 522. The van der Waals surface area contributed by atoms with Crippen molar-refractivity contribution in [1.29, 1.82) is 0 Å². The Morgan fingerprint density at radius 3 is 2.61 bits per heavy atom. The number of phenols is 1. The number of benzene rings is 2. The van der Waals surface area contributed by atoms with E-state index in [0.717, 1.165) is 5.56 Å². The first kappa shape index (κ1) is 12.7. The molecule has 1 unspecified atom stereocenters. The molecule has 2 N–H and O–H groups in total. The standard InChI is InChI=1S/C16H19NO/c1-12-6-5-8-14(10-12)13(2)17-11-15-7-3-4-9-16(15)18/h3-10,13,17-18H,11H2,1-2H3. The van der Waals surface area contributed by atoms with Crippen LogP contribution in [0.25, 0.3) is 0 Å².